The molecule has 19 heteroatoms. The van der Waals surface area contributed by atoms with E-state index in [2.05, 4.69) is 10.6 Å². The van der Waals surface area contributed by atoms with Gasteiger partial charge < -0.3 is 44.9 Å². The summed E-state index contributed by atoms with van der Waals surface area (Å²) < 4.78 is 0. The van der Waals surface area contributed by atoms with Gasteiger partial charge in [0.1, 0.15) is 47.6 Å². The molecule has 1 aromatic rings. The molecule has 2 aliphatic carbocycles. The van der Waals surface area contributed by atoms with Gasteiger partial charge in [0, 0.05) is 81.6 Å². The van der Waals surface area contributed by atoms with Crippen LogP contribution in [0.5, 0.6) is 0 Å². The summed E-state index contributed by atoms with van der Waals surface area (Å²) in [4.78, 5) is 151. The SMILES string of the molecule is CCCCC(=O)C[C@@H](C(=O)N(C)C)N(C)C(=O)[C@H](C1CCCC1)N(C)C(=O)C1(NC(=O)CN(C)C(=O)[C@H](Cc2ccc(C)cc2)N(CC)C(=O)[C@H](C)N(C)C(=O)[C@H](C)N(C)C(=O)C(NC(=O)CCC(C)C)[C@@H](C)CC)CCCC1. The molecule has 0 saturated heterocycles. The second kappa shape index (κ2) is 31.2. The summed E-state index contributed by atoms with van der Waals surface area (Å²) in [6.45, 7) is 16.2. The highest BCUT2D eigenvalue weighted by Crippen LogP contribution is 2.36. The molecule has 2 aliphatic rings. The van der Waals surface area contributed by atoms with E-state index >= 15 is 4.79 Å². The number of unbranched alkanes of at least 4 members (excludes halogenated alkanes) is 1. The third-order valence-electron chi connectivity index (χ3n) is 16.8. The topological polar surface area (TPSA) is 217 Å². The van der Waals surface area contributed by atoms with Crippen molar-refractivity contribution in [2.75, 3.05) is 62.4 Å². The van der Waals surface area contributed by atoms with Crippen molar-refractivity contribution in [3.05, 3.63) is 35.4 Å². The number of nitrogens with one attached hydrogen (secondary N) is 2. The highest BCUT2D eigenvalue weighted by Gasteiger charge is 2.49. The van der Waals surface area contributed by atoms with Gasteiger partial charge in [-0.1, -0.05) is 103 Å². The Hall–Kier alpha value is -5.88. The van der Waals surface area contributed by atoms with E-state index in [9.17, 15) is 43.2 Å². The Morgan fingerprint density at radius 2 is 1.20 bits per heavy atom. The maximum Gasteiger partial charge on any atom is 0.248 e. The minimum absolute atomic E-state index is 0.0633. The first-order valence-electron chi connectivity index (χ1n) is 29.1. The van der Waals surface area contributed by atoms with Crippen LogP contribution in [0.3, 0.4) is 0 Å². The summed E-state index contributed by atoms with van der Waals surface area (Å²) in [5, 5.41) is 5.91. The average molecular weight is 1110 g/mol. The molecular formula is C60H99N9O10. The van der Waals surface area contributed by atoms with Gasteiger partial charge in [0.15, 0.2) is 0 Å². The van der Waals surface area contributed by atoms with E-state index in [1.165, 1.54) is 62.5 Å². The van der Waals surface area contributed by atoms with E-state index in [1.807, 2.05) is 65.8 Å². The molecule has 1 aromatic carbocycles. The smallest absolute Gasteiger partial charge is 0.248 e. The normalized spacial score (nSPS) is 16.8. The largest absolute Gasteiger partial charge is 0.347 e. The molecule has 3 rings (SSSR count). The predicted octanol–water partition coefficient (Wildman–Crippen LogP) is 5.38. The van der Waals surface area contributed by atoms with Crippen molar-refractivity contribution in [1.29, 1.82) is 0 Å². The van der Waals surface area contributed by atoms with Crippen LogP contribution in [0.15, 0.2) is 24.3 Å². The maximum absolute atomic E-state index is 15.0. The lowest BCUT2D eigenvalue weighted by molar-refractivity contribution is -0.155. The van der Waals surface area contributed by atoms with E-state index in [0.29, 0.717) is 63.7 Å². The Kier molecular flexibility index (Phi) is 26.6. The van der Waals surface area contributed by atoms with Gasteiger partial charge in [-0.3, -0.25) is 47.9 Å². The van der Waals surface area contributed by atoms with Crippen LogP contribution < -0.4 is 10.6 Å². The van der Waals surface area contributed by atoms with Crippen molar-refractivity contribution in [3.8, 4) is 0 Å². The molecule has 19 nitrogen and oxygen atoms in total. The van der Waals surface area contributed by atoms with E-state index in [1.54, 1.807) is 41.9 Å². The fourth-order valence-corrected chi connectivity index (χ4v) is 11.0. The standard InChI is InChI=1S/C60H99N9O10/c1-17-20-27-46(70)37-47(55(75)63(10)11)67(15)58(78)52(45-25-21-22-26-45)68(16)59(79)60(34-23-24-35-60)62-50(72)38-64(12)56(76)48(36-44-31-29-40(6)30-32-44)69(19-3)54(74)43(9)65(13)53(73)42(8)66(14)57(77)51(41(7)18-2)61-49(71)33-28-39(4)5/h29-32,39,41-43,45,47-48,51-52H,17-28,33-38H2,1-16H3,(H,61,71)(H,62,72)/t41-,42-,43-,47-,48-,51?,52-/m0/s1. The minimum Gasteiger partial charge on any atom is -0.347 e. The van der Waals surface area contributed by atoms with Gasteiger partial charge in [0.05, 0.1) is 6.54 Å². The van der Waals surface area contributed by atoms with Gasteiger partial charge in [-0.2, -0.15) is 0 Å². The number of aryl methyl sites for hydroxylation is 1. The third kappa shape index (κ3) is 18.1. The number of amides is 9. The Morgan fingerprint density at radius 1 is 0.633 bits per heavy atom. The van der Waals surface area contributed by atoms with Crippen molar-refractivity contribution >= 4 is 58.9 Å². The number of Topliss-reactive ketones (excluding diaryl/α,β-unsaturated/α-hetero) is 1. The van der Waals surface area contributed by atoms with E-state index < -0.39 is 95.6 Å². The number of likely N-dealkylation sites (N-methyl/N-ethyl adjacent to an activating group) is 7. The van der Waals surface area contributed by atoms with Crippen LogP contribution in [0.25, 0.3) is 0 Å². The van der Waals surface area contributed by atoms with Crippen LogP contribution in [-0.2, 0) is 54.4 Å². The molecular weight excluding hydrogens is 1010 g/mol. The molecule has 2 N–H and O–H groups in total. The zero-order chi connectivity index (χ0) is 59.6. The number of benzene rings is 1. The molecule has 79 heavy (non-hydrogen) atoms. The maximum atomic E-state index is 15.0. The number of ketones is 1. The molecule has 0 heterocycles. The van der Waals surface area contributed by atoms with E-state index in [0.717, 1.165) is 30.4 Å². The van der Waals surface area contributed by atoms with Crippen molar-refractivity contribution in [2.24, 2.45) is 17.8 Å². The molecule has 0 aromatic heterocycles. The van der Waals surface area contributed by atoms with Crippen LogP contribution in [0, 0.1) is 24.7 Å². The fraction of sp³-hybridized carbons (Fsp3) is 0.733. The van der Waals surface area contributed by atoms with Crippen molar-refractivity contribution in [1.82, 2.24) is 44.9 Å². The number of hydrogen-bond donors (Lipinski definition) is 2. The Labute approximate surface area is 472 Å². The molecule has 9 amide bonds. The van der Waals surface area contributed by atoms with Gasteiger partial charge in [-0.15, -0.1) is 0 Å². The third-order valence-corrected chi connectivity index (χ3v) is 16.8. The summed E-state index contributed by atoms with van der Waals surface area (Å²) in [7, 11) is 10.7. The van der Waals surface area contributed by atoms with Crippen molar-refractivity contribution < 1.29 is 47.9 Å². The van der Waals surface area contributed by atoms with Crippen LogP contribution in [0.1, 0.15) is 163 Å². The molecule has 0 bridgehead atoms. The second-order valence-electron chi connectivity index (χ2n) is 23.4. The minimum atomic E-state index is -1.40. The first-order chi connectivity index (χ1) is 37.1. The number of carbonyl (C=O) groups excluding carboxylic acids is 10. The first-order valence-corrected chi connectivity index (χ1v) is 29.1. The summed E-state index contributed by atoms with van der Waals surface area (Å²) in [6, 6.07) is 1.40. The van der Waals surface area contributed by atoms with Crippen LogP contribution in [0.4, 0.5) is 0 Å². The van der Waals surface area contributed by atoms with Crippen molar-refractivity contribution in [2.45, 2.75) is 207 Å². The Morgan fingerprint density at radius 3 is 1.73 bits per heavy atom. The molecule has 0 aliphatic heterocycles. The monoisotopic (exact) mass is 1110 g/mol. The zero-order valence-corrected chi connectivity index (χ0v) is 50.9. The number of rotatable bonds is 30. The first kappa shape index (κ1) is 67.4. The molecule has 2 fully saturated rings. The summed E-state index contributed by atoms with van der Waals surface area (Å²) >= 11 is 0. The summed E-state index contributed by atoms with van der Waals surface area (Å²) in [6.07, 6.45) is 8.13. The van der Waals surface area contributed by atoms with Gasteiger partial charge in [0.25, 0.3) is 0 Å². The quantitative estimate of drug-likeness (QED) is 0.100. The summed E-state index contributed by atoms with van der Waals surface area (Å²) in [5.41, 5.74) is 0.345. The Bertz CT molecular complexity index is 2260. The molecule has 444 valence electrons. The Balaban J connectivity index is 1.91. The lowest BCUT2D eigenvalue weighted by Gasteiger charge is -2.41. The van der Waals surface area contributed by atoms with Gasteiger partial charge in [-0.25, -0.2) is 0 Å². The number of hydrogen-bond acceptors (Lipinski definition) is 10. The highest BCUT2D eigenvalue weighted by atomic mass is 16.2. The lowest BCUT2D eigenvalue weighted by atomic mass is 9.90. The van der Waals surface area contributed by atoms with Crippen LogP contribution >= 0.6 is 0 Å². The number of nitrogens with zero attached hydrogens (tertiary/aromatic N) is 7. The van der Waals surface area contributed by atoms with E-state index in [-0.39, 0.29) is 55.8 Å². The fourth-order valence-electron chi connectivity index (χ4n) is 11.0. The molecule has 0 radical (unpaired) electrons. The molecule has 7 atom stereocenters. The van der Waals surface area contributed by atoms with E-state index in [4.69, 9.17) is 0 Å². The zero-order valence-electron chi connectivity index (χ0n) is 50.9. The van der Waals surface area contributed by atoms with Gasteiger partial charge in [-0.05, 0) is 89.5 Å². The van der Waals surface area contributed by atoms with Gasteiger partial charge >= 0.3 is 0 Å². The van der Waals surface area contributed by atoms with Gasteiger partial charge in [0.2, 0.25) is 53.2 Å². The van der Waals surface area contributed by atoms with Crippen LogP contribution in [-0.4, -0.2) is 197 Å². The predicted molar refractivity (Wildman–Crippen MR) is 306 cm³/mol. The highest BCUT2D eigenvalue weighted by molar-refractivity contribution is 5.99. The van der Waals surface area contributed by atoms with Crippen molar-refractivity contribution in [3.63, 3.8) is 0 Å². The number of carbonyl (C=O) groups is 10. The lowest BCUT2D eigenvalue weighted by Crippen LogP contribution is -2.64. The average Bonchev–Trinajstić information content (AvgIpc) is 4.18. The summed E-state index contributed by atoms with van der Waals surface area (Å²) in [5.74, 6) is -4.43. The molecule has 1 unspecified atom stereocenters. The molecule has 0 spiro atoms. The second-order valence-corrected chi connectivity index (χ2v) is 23.4. The van der Waals surface area contributed by atoms with Crippen LogP contribution in [0.2, 0.25) is 0 Å². The molecule has 2 saturated carbocycles.